The molecule has 0 fully saturated rings. The van der Waals surface area contributed by atoms with Crippen molar-refractivity contribution in [3.05, 3.63) is 0 Å². The number of hydrogen-bond acceptors (Lipinski definition) is 11. The van der Waals surface area contributed by atoms with Gasteiger partial charge >= 0.3 is 29.8 Å². The van der Waals surface area contributed by atoms with Gasteiger partial charge in [-0.2, -0.15) is 0 Å². The Labute approximate surface area is 262 Å². The van der Waals surface area contributed by atoms with Crippen LogP contribution in [0.3, 0.4) is 0 Å². The summed E-state index contributed by atoms with van der Waals surface area (Å²) in [7, 11) is 0. The van der Waals surface area contributed by atoms with Gasteiger partial charge in [-0.3, -0.25) is 38.4 Å². The molecule has 0 saturated heterocycles. The molecule has 20 nitrogen and oxygen atoms in total. The molecule has 5 unspecified atom stereocenters. The van der Waals surface area contributed by atoms with Crippen molar-refractivity contribution >= 4 is 53.5 Å². The maximum absolute atomic E-state index is 13.3. The Bertz CT molecular complexity index is 1120. The molecule has 0 aromatic heterocycles. The fraction of sp³-hybridized carbons (Fsp3) is 0.654. The predicted molar refractivity (Wildman–Crippen MR) is 154 cm³/mol. The zero-order chi connectivity index (χ0) is 35.4. The molecule has 0 aromatic carbocycles. The summed E-state index contributed by atoms with van der Waals surface area (Å²) in [4.78, 5) is 107. The maximum atomic E-state index is 13.3. The molecule has 0 bridgehead atoms. The molecule has 4 amide bonds. The molecule has 0 aromatic rings. The van der Waals surface area contributed by atoms with E-state index < -0.39 is 129 Å². The molecule has 260 valence electrons. The van der Waals surface area contributed by atoms with Crippen LogP contribution in [0.5, 0.6) is 0 Å². The number of nitrogens with two attached hydrogens (primary N) is 2. The number of aliphatic carboxylic acids is 5. The van der Waals surface area contributed by atoms with Crippen LogP contribution in [0.2, 0.25) is 0 Å². The van der Waals surface area contributed by atoms with Gasteiger partial charge in [0.15, 0.2) is 0 Å². The van der Waals surface area contributed by atoms with Crippen LogP contribution in [0.15, 0.2) is 0 Å². The van der Waals surface area contributed by atoms with Gasteiger partial charge in [0.05, 0.1) is 6.04 Å². The molecule has 0 aliphatic rings. The molecule has 5 atom stereocenters. The third-order valence-electron chi connectivity index (χ3n) is 6.41. The van der Waals surface area contributed by atoms with Crippen molar-refractivity contribution in [2.24, 2.45) is 11.5 Å². The summed E-state index contributed by atoms with van der Waals surface area (Å²) in [5.74, 6) is -11.0. The van der Waals surface area contributed by atoms with Gasteiger partial charge in [0.1, 0.15) is 24.2 Å². The third-order valence-corrected chi connectivity index (χ3v) is 6.41. The average Bonchev–Trinajstić information content (AvgIpc) is 2.96. The number of carbonyl (C=O) groups is 9. The molecular weight excluding hydrogens is 620 g/mol. The zero-order valence-corrected chi connectivity index (χ0v) is 24.9. The SMILES string of the molecule is NCCCCC(NC(=O)C(CCC(=O)O)NC(=O)C(N)CCC(=O)O)C(=O)NC(CCC(=O)O)C(=O)NC(CCC(=O)O)C(=O)O. The highest BCUT2D eigenvalue weighted by molar-refractivity contribution is 5.95. The second-order valence-electron chi connectivity index (χ2n) is 10.2. The van der Waals surface area contributed by atoms with Crippen molar-refractivity contribution in [1.82, 2.24) is 21.3 Å². The van der Waals surface area contributed by atoms with Crippen molar-refractivity contribution in [3.63, 3.8) is 0 Å². The smallest absolute Gasteiger partial charge is 0.326 e. The lowest BCUT2D eigenvalue weighted by atomic mass is 10.0. The Morgan fingerprint density at radius 1 is 0.457 bits per heavy atom. The van der Waals surface area contributed by atoms with Gasteiger partial charge in [0.25, 0.3) is 0 Å². The first-order valence-corrected chi connectivity index (χ1v) is 14.3. The van der Waals surface area contributed by atoms with Crippen LogP contribution in [-0.2, 0) is 43.2 Å². The fourth-order valence-corrected chi connectivity index (χ4v) is 3.87. The van der Waals surface area contributed by atoms with Gasteiger partial charge in [-0.05, 0) is 51.5 Å². The number of carboxylic acids is 5. The second kappa shape index (κ2) is 21.8. The Balaban J connectivity index is 6.02. The first kappa shape index (κ1) is 41.1. The summed E-state index contributed by atoms with van der Waals surface area (Å²) in [6.07, 6.45) is -3.58. The molecule has 0 rings (SSSR count). The topological polar surface area (TPSA) is 355 Å². The fourth-order valence-electron chi connectivity index (χ4n) is 3.87. The number of hydrogen-bond donors (Lipinski definition) is 11. The third kappa shape index (κ3) is 18.1. The van der Waals surface area contributed by atoms with Crippen molar-refractivity contribution in [2.45, 2.75) is 101 Å². The summed E-state index contributed by atoms with van der Waals surface area (Å²) in [6, 6.07) is -7.67. The van der Waals surface area contributed by atoms with Gasteiger partial charge in [-0.15, -0.1) is 0 Å². The molecular formula is C26H42N6O14. The lowest BCUT2D eigenvalue weighted by Crippen LogP contribution is -2.58. The summed E-state index contributed by atoms with van der Waals surface area (Å²) < 4.78 is 0. The van der Waals surface area contributed by atoms with E-state index in [9.17, 15) is 48.3 Å². The first-order chi connectivity index (χ1) is 21.5. The van der Waals surface area contributed by atoms with Gasteiger partial charge in [-0.25, -0.2) is 4.79 Å². The van der Waals surface area contributed by atoms with Crippen LogP contribution in [0.25, 0.3) is 0 Å². The molecule has 0 saturated carbocycles. The summed E-state index contributed by atoms with van der Waals surface area (Å²) >= 11 is 0. The molecule has 46 heavy (non-hydrogen) atoms. The number of carboxylic acid groups (broad SMARTS) is 5. The number of rotatable bonds is 25. The predicted octanol–water partition coefficient (Wildman–Crippen LogP) is -3.07. The lowest BCUT2D eigenvalue weighted by Gasteiger charge is -2.26. The minimum absolute atomic E-state index is 0.0872. The monoisotopic (exact) mass is 662 g/mol. The van der Waals surface area contributed by atoms with Crippen molar-refractivity contribution in [1.29, 1.82) is 0 Å². The number of carbonyl (C=O) groups excluding carboxylic acids is 4. The quantitative estimate of drug-likeness (QED) is 0.0432. The normalized spacial score (nSPS) is 14.0. The minimum Gasteiger partial charge on any atom is -0.481 e. The van der Waals surface area contributed by atoms with Crippen LogP contribution >= 0.6 is 0 Å². The van der Waals surface area contributed by atoms with E-state index in [0.717, 1.165) is 0 Å². The van der Waals surface area contributed by atoms with Crippen LogP contribution in [0.4, 0.5) is 0 Å². The number of unbranched alkanes of at least 4 members (excludes halogenated alkanes) is 1. The van der Waals surface area contributed by atoms with Crippen molar-refractivity contribution in [3.8, 4) is 0 Å². The van der Waals surface area contributed by atoms with Crippen molar-refractivity contribution in [2.75, 3.05) is 6.54 Å². The van der Waals surface area contributed by atoms with E-state index >= 15 is 0 Å². The summed E-state index contributed by atoms with van der Waals surface area (Å²) in [5.41, 5.74) is 11.2. The molecule has 0 aliphatic carbocycles. The largest absolute Gasteiger partial charge is 0.481 e. The van der Waals surface area contributed by atoms with E-state index in [4.69, 9.17) is 31.9 Å². The standard InChI is InChI=1S/C26H42N6O14/c27-12-2-1-3-14(30-24(43)15(5-9-19(35)36)29-22(41)13(28)4-8-18(33)34)23(42)31-16(6-10-20(37)38)25(44)32-17(26(45)46)7-11-21(39)40/h13-17H,1-12,27-28H2,(H,29,41)(H,30,43)(H,31,42)(H,32,44)(H,33,34)(H,35,36)(H,37,38)(H,39,40)(H,45,46). The van der Waals surface area contributed by atoms with Crippen LogP contribution in [0.1, 0.15) is 70.6 Å². The number of amides is 4. The Hall–Kier alpha value is -4.85. The van der Waals surface area contributed by atoms with E-state index in [1.807, 2.05) is 0 Å². The molecule has 0 heterocycles. The van der Waals surface area contributed by atoms with E-state index in [-0.39, 0.29) is 25.8 Å². The molecule has 13 N–H and O–H groups in total. The Kier molecular flexibility index (Phi) is 19.5. The highest BCUT2D eigenvalue weighted by atomic mass is 16.4. The summed E-state index contributed by atoms with van der Waals surface area (Å²) in [5, 5.41) is 54.1. The first-order valence-electron chi connectivity index (χ1n) is 14.3. The van der Waals surface area contributed by atoms with Gasteiger partial charge in [0.2, 0.25) is 23.6 Å². The van der Waals surface area contributed by atoms with Crippen LogP contribution in [0, 0.1) is 0 Å². The van der Waals surface area contributed by atoms with Crippen molar-refractivity contribution < 1.29 is 68.7 Å². The van der Waals surface area contributed by atoms with Gasteiger partial charge < -0.3 is 58.3 Å². The Morgan fingerprint density at radius 2 is 0.783 bits per heavy atom. The van der Waals surface area contributed by atoms with E-state index in [1.165, 1.54) is 0 Å². The second-order valence-corrected chi connectivity index (χ2v) is 10.2. The minimum atomic E-state index is -1.69. The molecule has 20 heteroatoms. The Morgan fingerprint density at radius 3 is 1.15 bits per heavy atom. The van der Waals surface area contributed by atoms with Crippen LogP contribution in [-0.4, -0.2) is 116 Å². The van der Waals surface area contributed by atoms with Crippen LogP contribution < -0.4 is 32.7 Å². The maximum Gasteiger partial charge on any atom is 0.326 e. The molecule has 0 spiro atoms. The number of nitrogens with one attached hydrogen (secondary N) is 4. The van der Waals surface area contributed by atoms with E-state index in [2.05, 4.69) is 21.3 Å². The van der Waals surface area contributed by atoms with Gasteiger partial charge in [0, 0.05) is 25.7 Å². The molecule has 0 aliphatic heterocycles. The summed E-state index contributed by atoms with van der Waals surface area (Å²) in [6.45, 7) is 0.199. The highest BCUT2D eigenvalue weighted by Crippen LogP contribution is 2.08. The zero-order valence-electron chi connectivity index (χ0n) is 24.9. The highest BCUT2D eigenvalue weighted by Gasteiger charge is 2.32. The van der Waals surface area contributed by atoms with Gasteiger partial charge in [-0.1, -0.05) is 0 Å². The lowest BCUT2D eigenvalue weighted by molar-refractivity contribution is -0.144. The van der Waals surface area contributed by atoms with E-state index in [1.54, 1.807) is 0 Å². The molecule has 0 radical (unpaired) electrons. The van der Waals surface area contributed by atoms with E-state index in [0.29, 0.717) is 6.42 Å². The average molecular weight is 663 g/mol.